The lowest BCUT2D eigenvalue weighted by Crippen LogP contribution is -2.42. The predicted octanol–water partition coefficient (Wildman–Crippen LogP) is 5.68. The van der Waals surface area contributed by atoms with Gasteiger partial charge >= 0.3 is 5.97 Å². The fourth-order valence-electron chi connectivity index (χ4n) is 5.06. The third kappa shape index (κ3) is 5.27. The Morgan fingerprint density at radius 2 is 1.77 bits per heavy atom. The van der Waals surface area contributed by atoms with Crippen molar-refractivity contribution in [2.24, 2.45) is 5.92 Å². The molecule has 0 aliphatic carbocycles. The number of esters is 1. The zero-order valence-electron chi connectivity index (χ0n) is 21.8. The third-order valence-electron chi connectivity index (χ3n) is 7.02. The van der Waals surface area contributed by atoms with E-state index < -0.39 is 0 Å². The monoisotopic (exact) mass is 528 g/mol. The lowest BCUT2D eigenvalue weighted by molar-refractivity contribution is -0.149. The molecule has 0 saturated carbocycles. The number of likely N-dealkylation sites (tertiary alicyclic amines) is 1. The number of carbonyl (C=O) groups excluding carboxylic acids is 3. The summed E-state index contributed by atoms with van der Waals surface area (Å²) in [5.41, 5.74) is 3.57. The highest BCUT2D eigenvalue weighted by atomic mass is 19.1. The van der Waals surface area contributed by atoms with Crippen molar-refractivity contribution in [3.63, 3.8) is 0 Å². The van der Waals surface area contributed by atoms with Crippen molar-refractivity contribution in [2.75, 3.05) is 26.7 Å². The highest BCUT2D eigenvalue weighted by molar-refractivity contribution is 6.11. The van der Waals surface area contributed by atoms with E-state index >= 15 is 0 Å². The van der Waals surface area contributed by atoms with Gasteiger partial charge < -0.3 is 19.4 Å². The van der Waals surface area contributed by atoms with Crippen LogP contribution in [0.25, 0.3) is 33.4 Å². The van der Waals surface area contributed by atoms with Gasteiger partial charge in [0.2, 0.25) is 0 Å². The molecular weight excluding hydrogens is 499 g/mol. The zero-order chi connectivity index (χ0) is 27.5. The average molecular weight is 529 g/mol. The lowest BCUT2D eigenvalue weighted by atomic mass is 9.96. The van der Waals surface area contributed by atoms with E-state index in [0.717, 1.165) is 17.5 Å². The Labute approximate surface area is 225 Å². The Kier molecular flexibility index (Phi) is 7.45. The molecule has 3 aromatic carbocycles. The maximum absolute atomic E-state index is 13.5. The Bertz CT molecular complexity index is 1540. The van der Waals surface area contributed by atoms with Crippen LogP contribution in [0.1, 0.15) is 40.5 Å². The van der Waals surface area contributed by atoms with E-state index in [2.05, 4.69) is 5.32 Å². The number of nitrogens with zero attached hydrogens (tertiary/aromatic N) is 1. The van der Waals surface area contributed by atoms with Crippen LogP contribution in [-0.4, -0.2) is 49.4 Å². The van der Waals surface area contributed by atoms with Crippen molar-refractivity contribution in [3.8, 4) is 22.5 Å². The second-order valence-electron chi connectivity index (χ2n) is 9.53. The number of ether oxygens (including phenoxy) is 1. The van der Waals surface area contributed by atoms with Crippen molar-refractivity contribution in [2.45, 2.75) is 19.8 Å². The highest BCUT2D eigenvalue weighted by Crippen LogP contribution is 2.36. The zero-order valence-corrected chi connectivity index (χ0v) is 21.8. The summed E-state index contributed by atoms with van der Waals surface area (Å²) < 4.78 is 24.7. The molecule has 7 nitrogen and oxygen atoms in total. The quantitative estimate of drug-likeness (QED) is 0.325. The molecule has 1 unspecified atom stereocenters. The van der Waals surface area contributed by atoms with Crippen LogP contribution >= 0.6 is 0 Å². The van der Waals surface area contributed by atoms with Gasteiger partial charge in [-0.3, -0.25) is 14.4 Å². The second-order valence-corrected chi connectivity index (χ2v) is 9.53. The Morgan fingerprint density at radius 1 is 1.03 bits per heavy atom. The number of hydrogen-bond acceptors (Lipinski definition) is 5. The molecule has 1 atom stereocenters. The maximum atomic E-state index is 13.5. The van der Waals surface area contributed by atoms with Crippen LogP contribution in [0.2, 0.25) is 0 Å². The van der Waals surface area contributed by atoms with Crippen LogP contribution in [0.4, 0.5) is 4.39 Å². The molecule has 4 aromatic rings. The Morgan fingerprint density at radius 3 is 2.51 bits per heavy atom. The summed E-state index contributed by atoms with van der Waals surface area (Å²) in [6.07, 6.45) is 1.45. The summed E-state index contributed by atoms with van der Waals surface area (Å²) in [5.74, 6) is -1.06. The molecule has 1 aliphatic heterocycles. The van der Waals surface area contributed by atoms with Gasteiger partial charge in [0.25, 0.3) is 11.8 Å². The van der Waals surface area contributed by atoms with Crippen molar-refractivity contribution in [3.05, 3.63) is 83.7 Å². The molecule has 1 aliphatic rings. The summed E-state index contributed by atoms with van der Waals surface area (Å²) in [5, 5.41) is 3.27. The number of benzene rings is 3. The molecule has 2 amide bonds. The number of halogens is 1. The number of carbonyl (C=O) groups is 3. The predicted molar refractivity (Wildman–Crippen MR) is 146 cm³/mol. The van der Waals surface area contributed by atoms with Crippen molar-refractivity contribution >= 4 is 28.8 Å². The van der Waals surface area contributed by atoms with E-state index in [9.17, 15) is 18.8 Å². The summed E-state index contributed by atoms with van der Waals surface area (Å²) in [7, 11) is 1.54. The van der Waals surface area contributed by atoms with Gasteiger partial charge in [0, 0.05) is 36.7 Å². The van der Waals surface area contributed by atoms with Crippen LogP contribution in [0.5, 0.6) is 0 Å². The van der Waals surface area contributed by atoms with Gasteiger partial charge in [-0.1, -0.05) is 18.2 Å². The van der Waals surface area contributed by atoms with Crippen LogP contribution in [0.15, 0.2) is 71.1 Å². The first-order chi connectivity index (χ1) is 18.9. The molecule has 200 valence electrons. The number of amides is 2. The van der Waals surface area contributed by atoms with E-state index in [1.54, 1.807) is 43.1 Å². The molecule has 1 N–H and O–H groups in total. The minimum atomic E-state index is -0.381. The van der Waals surface area contributed by atoms with Gasteiger partial charge in [0.15, 0.2) is 0 Å². The number of piperidine rings is 1. The van der Waals surface area contributed by atoms with Gasteiger partial charge in [0.05, 0.1) is 18.1 Å². The normalized spacial score (nSPS) is 15.3. The standard InChI is InChI=1S/C31H29FN2O5/c1-3-38-31(37)23-8-5-15-34(18-23)30(36)22-7-4-6-20(16-22)21-11-14-26-25(17-21)27(29(35)33-2)28(39-26)19-9-12-24(32)13-10-19/h4,6-7,9-14,16-17,23H,3,5,8,15,18H2,1-2H3,(H,33,35). The van der Waals surface area contributed by atoms with E-state index in [1.165, 1.54) is 12.1 Å². The number of rotatable bonds is 6. The van der Waals surface area contributed by atoms with Crippen molar-refractivity contribution in [1.82, 2.24) is 10.2 Å². The molecule has 1 fully saturated rings. The fourth-order valence-corrected chi connectivity index (χ4v) is 5.06. The SMILES string of the molecule is CCOC(=O)C1CCCN(C(=O)c2cccc(-c3ccc4oc(-c5ccc(F)cc5)c(C(=O)NC)c4c3)c2)C1. The molecule has 1 saturated heterocycles. The number of fused-ring (bicyclic) bond motifs is 1. The van der Waals surface area contributed by atoms with Gasteiger partial charge in [-0.25, -0.2) is 4.39 Å². The molecule has 8 heteroatoms. The largest absolute Gasteiger partial charge is 0.466 e. The number of nitrogens with one attached hydrogen (secondary N) is 1. The summed E-state index contributed by atoms with van der Waals surface area (Å²) >= 11 is 0. The van der Waals surface area contributed by atoms with Gasteiger partial charge in [-0.2, -0.15) is 0 Å². The minimum Gasteiger partial charge on any atom is -0.466 e. The first-order valence-electron chi connectivity index (χ1n) is 13.0. The smallest absolute Gasteiger partial charge is 0.310 e. The molecule has 0 bridgehead atoms. The first kappa shape index (κ1) is 26.2. The van der Waals surface area contributed by atoms with Gasteiger partial charge in [0.1, 0.15) is 17.2 Å². The summed E-state index contributed by atoms with van der Waals surface area (Å²) in [4.78, 5) is 40.2. The van der Waals surface area contributed by atoms with Crippen LogP contribution in [-0.2, 0) is 9.53 Å². The maximum Gasteiger partial charge on any atom is 0.310 e. The number of furan rings is 1. The van der Waals surface area contributed by atoms with E-state index in [-0.39, 0.29) is 29.5 Å². The molecule has 1 aromatic heterocycles. The molecule has 5 rings (SSSR count). The average Bonchev–Trinajstić information content (AvgIpc) is 3.36. The molecule has 0 radical (unpaired) electrons. The van der Waals surface area contributed by atoms with E-state index in [1.807, 2.05) is 30.3 Å². The lowest BCUT2D eigenvalue weighted by Gasteiger charge is -2.31. The van der Waals surface area contributed by atoms with Crippen LogP contribution in [0, 0.1) is 11.7 Å². The highest BCUT2D eigenvalue weighted by Gasteiger charge is 2.30. The van der Waals surface area contributed by atoms with Gasteiger partial charge in [-0.05, 0) is 79.4 Å². The molecule has 2 heterocycles. The summed E-state index contributed by atoms with van der Waals surface area (Å²) in [6.45, 7) is 3.02. The minimum absolute atomic E-state index is 0.139. The van der Waals surface area contributed by atoms with Crippen molar-refractivity contribution in [1.29, 1.82) is 0 Å². The van der Waals surface area contributed by atoms with Crippen LogP contribution < -0.4 is 5.32 Å². The fraction of sp³-hybridized carbons (Fsp3) is 0.258. The third-order valence-corrected chi connectivity index (χ3v) is 7.02. The number of hydrogen-bond donors (Lipinski definition) is 1. The Balaban J connectivity index is 1.48. The van der Waals surface area contributed by atoms with E-state index in [0.29, 0.717) is 59.5 Å². The van der Waals surface area contributed by atoms with Crippen molar-refractivity contribution < 1.29 is 27.9 Å². The van der Waals surface area contributed by atoms with Gasteiger partial charge in [-0.15, -0.1) is 0 Å². The topological polar surface area (TPSA) is 88.8 Å². The summed E-state index contributed by atoms with van der Waals surface area (Å²) in [6, 6.07) is 18.6. The molecular formula is C31H29FN2O5. The molecule has 39 heavy (non-hydrogen) atoms. The second kappa shape index (κ2) is 11.1. The first-order valence-corrected chi connectivity index (χ1v) is 13.0. The molecule has 0 spiro atoms. The van der Waals surface area contributed by atoms with Crippen LogP contribution in [0.3, 0.4) is 0 Å². The Hall–Kier alpha value is -4.46. The van der Waals surface area contributed by atoms with E-state index in [4.69, 9.17) is 9.15 Å².